The van der Waals surface area contributed by atoms with Crippen LogP contribution < -0.4 is 5.56 Å². The van der Waals surface area contributed by atoms with E-state index in [4.69, 9.17) is 0 Å². The molecular weight excluding hydrogens is 292 g/mol. The summed E-state index contributed by atoms with van der Waals surface area (Å²) in [7, 11) is 0. The second-order valence-electron chi connectivity index (χ2n) is 6.08. The van der Waals surface area contributed by atoms with Crippen molar-refractivity contribution in [2.75, 3.05) is 6.54 Å². The summed E-state index contributed by atoms with van der Waals surface area (Å²) in [5.74, 6) is 0.617. The zero-order chi connectivity index (χ0) is 16.4. The molecule has 1 aliphatic heterocycles. The van der Waals surface area contributed by atoms with Gasteiger partial charge in [-0.1, -0.05) is 19.9 Å². The lowest BCUT2D eigenvalue weighted by molar-refractivity contribution is 0.0723. The zero-order valence-electron chi connectivity index (χ0n) is 13.3. The number of rotatable bonds is 3. The minimum Gasteiger partial charge on any atom is -0.327 e. The van der Waals surface area contributed by atoms with Crippen LogP contribution in [0.2, 0.25) is 0 Å². The Labute approximate surface area is 134 Å². The molecule has 0 unspecified atom stereocenters. The van der Waals surface area contributed by atoms with Crippen molar-refractivity contribution < 1.29 is 4.79 Å². The normalized spacial score (nSPS) is 17.7. The lowest BCUT2D eigenvalue weighted by Crippen LogP contribution is -2.33. The van der Waals surface area contributed by atoms with Gasteiger partial charge in [-0.05, 0) is 30.9 Å². The van der Waals surface area contributed by atoms with Crippen LogP contribution in [-0.4, -0.2) is 32.3 Å². The Hall–Kier alpha value is -2.50. The molecule has 0 saturated carbocycles. The highest BCUT2D eigenvalue weighted by atomic mass is 16.2. The molecule has 1 amide bonds. The van der Waals surface area contributed by atoms with Gasteiger partial charge in [0.1, 0.15) is 11.5 Å². The van der Waals surface area contributed by atoms with Gasteiger partial charge in [-0.25, -0.2) is 4.98 Å². The first-order valence-corrected chi connectivity index (χ1v) is 7.89. The highest BCUT2D eigenvalue weighted by Crippen LogP contribution is 2.31. The van der Waals surface area contributed by atoms with Gasteiger partial charge in [0.25, 0.3) is 11.5 Å². The van der Waals surface area contributed by atoms with E-state index in [1.165, 1.54) is 6.07 Å². The fourth-order valence-corrected chi connectivity index (χ4v) is 2.88. The monoisotopic (exact) mass is 312 g/mol. The maximum Gasteiger partial charge on any atom is 0.273 e. The molecule has 6 heteroatoms. The van der Waals surface area contributed by atoms with E-state index < -0.39 is 0 Å². The summed E-state index contributed by atoms with van der Waals surface area (Å²) in [5.41, 5.74) is 0.999. The molecule has 0 aromatic carbocycles. The second-order valence-corrected chi connectivity index (χ2v) is 6.08. The van der Waals surface area contributed by atoms with E-state index in [1.54, 1.807) is 29.3 Å². The third-order valence-corrected chi connectivity index (χ3v) is 4.08. The number of carbonyl (C=O) groups is 1. The van der Waals surface area contributed by atoms with Crippen LogP contribution in [-0.2, 0) is 0 Å². The molecular formula is C17H20N4O2. The van der Waals surface area contributed by atoms with Crippen LogP contribution in [0.4, 0.5) is 0 Å². The van der Waals surface area contributed by atoms with Gasteiger partial charge >= 0.3 is 0 Å². The Morgan fingerprint density at radius 1 is 1.39 bits per heavy atom. The number of hydrogen-bond donors (Lipinski definition) is 1. The molecule has 3 heterocycles. The second kappa shape index (κ2) is 6.32. The first kappa shape index (κ1) is 15.4. The van der Waals surface area contributed by atoms with Crippen LogP contribution in [0.5, 0.6) is 0 Å². The summed E-state index contributed by atoms with van der Waals surface area (Å²) in [6, 6.07) is 6.61. The maximum atomic E-state index is 12.7. The number of amides is 1. The Kier molecular flexibility index (Phi) is 4.23. The number of nitrogens with zero attached hydrogens (tertiary/aromatic N) is 3. The molecule has 2 aromatic heterocycles. The molecule has 1 aliphatic rings. The summed E-state index contributed by atoms with van der Waals surface area (Å²) in [5, 5.41) is 0. The van der Waals surface area contributed by atoms with Crippen LogP contribution >= 0.6 is 0 Å². The molecule has 0 bridgehead atoms. The summed E-state index contributed by atoms with van der Waals surface area (Å²) < 4.78 is 0. The smallest absolute Gasteiger partial charge is 0.273 e. The van der Waals surface area contributed by atoms with Gasteiger partial charge in [0.2, 0.25) is 0 Å². The molecule has 1 saturated heterocycles. The van der Waals surface area contributed by atoms with E-state index in [2.05, 4.69) is 15.0 Å². The first-order valence-electron chi connectivity index (χ1n) is 7.89. The third kappa shape index (κ3) is 3.16. The van der Waals surface area contributed by atoms with Crippen molar-refractivity contribution >= 4 is 5.91 Å². The lowest BCUT2D eigenvalue weighted by atomic mass is 10.1. The highest BCUT2D eigenvalue weighted by molar-refractivity contribution is 5.92. The largest absolute Gasteiger partial charge is 0.327 e. The Bertz CT molecular complexity index is 755. The SMILES string of the molecule is CC(C)c1cc(=O)[nH]c([C@@H]2CCCN2C(=O)c2ccccn2)n1. The van der Waals surface area contributed by atoms with Gasteiger partial charge < -0.3 is 9.88 Å². The van der Waals surface area contributed by atoms with Gasteiger partial charge in [-0.3, -0.25) is 14.6 Å². The zero-order valence-corrected chi connectivity index (χ0v) is 13.3. The minimum absolute atomic E-state index is 0.120. The average Bonchev–Trinajstić information content (AvgIpc) is 3.04. The van der Waals surface area contributed by atoms with E-state index in [1.807, 2.05) is 13.8 Å². The van der Waals surface area contributed by atoms with E-state index in [-0.39, 0.29) is 23.4 Å². The van der Waals surface area contributed by atoms with Gasteiger partial charge in [-0.2, -0.15) is 0 Å². The minimum atomic E-state index is -0.198. The quantitative estimate of drug-likeness (QED) is 0.943. The van der Waals surface area contributed by atoms with E-state index in [0.717, 1.165) is 18.5 Å². The van der Waals surface area contributed by atoms with Crippen molar-refractivity contribution in [3.05, 3.63) is 58.0 Å². The van der Waals surface area contributed by atoms with Crippen molar-refractivity contribution in [2.45, 2.75) is 38.6 Å². The van der Waals surface area contributed by atoms with Crippen molar-refractivity contribution in [1.29, 1.82) is 0 Å². The van der Waals surface area contributed by atoms with Gasteiger partial charge in [0.15, 0.2) is 0 Å². The standard InChI is InChI=1S/C17H20N4O2/c1-11(2)13-10-15(22)20-16(19-13)14-7-5-9-21(14)17(23)12-6-3-4-8-18-12/h3-4,6,8,10-11,14H,5,7,9H2,1-2H3,(H,19,20,22)/t14-/m0/s1. The summed E-state index contributed by atoms with van der Waals surface area (Å²) in [6.07, 6.45) is 3.29. The molecule has 1 atom stereocenters. The van der Waals surface area contributed by atoms with Crippen molar-refractivity contribution in [1.82, 2.24) is 19.9 Å². The van der Waals surface area contributed by atoms with Crippen LogP contribution in [0, 0.1) is 0 Å². The molecule has 0 spiro atoms. The first-order chi connectivity index (χ1) is 11.1. The summed E-state index contributed by atoms with van der Waals surface area (Å²) >= 11 is 0. The number of carbonyl (C=O) groups excluding carboxylic acids is 1. The molecule has 3 rings (SSSR count). The van der Waals surface area contributed by atoms with Gasteiger partial charge in [0, 0.05) is 18.8 Å². The number of pyridine rings is 1. The van der Waals surface area contributed by atoms with Gasteiger partial charge in [-0.15, -0.1) is 0 Å². The highest BCUT2D eigenvalue weighted by Gasteiger charge is 2.33. The van der Waals surface area contributed by atoms with Crippen LogP contribution in [0.3, 0.4) is 0 Å². The number of aromatic nitrogens is 3. The van der Waals surface area contributed by atoms with Crippen molar-refractivity contribution in [2.24, 2.45) is 0 Å². The maximum absolute atomic E-state index is 12.7. The van der Waals surface area contributed by atoms with E-state index in [9.17, 15) is 9.59 Å². The van der Waals surface area contributed by atoms with Crippen molar-refractivity contribution in [3.63, 3.8) is 0 Å². The fourth-order valence-electron chi connectivity index (χ4n) is 2.88. The van der Waals surface area contributed by atoms with Crippen LogP contribution in [0.15, 0.2) is 35.3 Å². The van der Waals surface area contributed by atoms with Crippen molar-refractivity contribution in [3.8, 4) is 0 Å². The number of likely N-dealkylation sites (tertiary alicyclic amines) is 1. The molecule has 0 aliphatic carbocycles. The lowest BCUT2D eigenvalue weighted by Gasteiger charge is -2.24. The Morgan fingerprint density at radius 3 is 2.91 bits per heavy atom. The average molecular weight is 312 g/mol. The van der Waals surface area contributed by atoms with Gasteiger partial charge in [0.05, 0.1) is 11.7 Å². The summed E-state index contributed by atoms with van der Waals surface area (Å²) in [4.78, 5) is 37.8. The third-order valence-electron chi connectivity index (χ3n) is 4.08. The summed E-state index contributed by atoms with van der Waals surface area (Å²) in [6.45, 7) is 4.64. The Balaban J connectivity index is 1.93. The molecule has 0 radical (unpaired) electrons. The van der Waals surface area contributed by atoms with E-state index in [0.29, 0.717) is 18.1 Å². The van der Waals surface area contributed by atoms with Crippen LogP contribution in [0.1, 0.15) is 60.7 Å². The molecule has 120 valence electrons. The molecule has 1 fully saturated rings. The van der Waals surface area contributed by atoms with Crippen LogP contribution in [0.25, 0.3) is 0 Å². The fraction of sp³-hybridized carbons (Fsp3) is 0.412. The Morgan fingerprint density at radius 2 is 2.22 bits per heavy atom. The predicted molar refractivity (Wildman–Crippen MR) is 86.2 cm³/mol. The molecule has 2 aromatic rings. The molecule has 1 N–H and O–H groups in total. The number of nitrogens with one attached hydrogen (secondary N) is 1. The number of H-pyrrole nitrogens is 1. The van der Waals surface area contributed by atoms with E-state index >= 15 is 0 Å². The number of aromatic amines is 1. The molecule has 23 heavy (non-hydrogen) atoms. The topological polar surface area (TPSA) is 79.0 Å². The molecule has 6 nitrogen and oxygen atoms in total. The number of hydrogen-bond acceptors (Lipinski definition) is 4. The predicted octanol–water partition coefficient (Wildman–Crippen LogP) is 2.27.